The zero-order chi connectivity index (χ0) is 19.6. The molecule has 0 amide bonds. The maximum atomic E-state index is 13.3. The molecule has 1 atom stereocenters. The van der Waals surface area contributed by atoms with Gasteiger partial charge in [-0.05, 0) is 44.8 Å². The second kappa shape index (κ2) is 10.5. The summed E-state index contributed by atoms with van der Waals surface area (Å²) >= 11 is 0. The van der Waals surface area contributed by atoms with E-state index < -0.39 is 0 Å². The summed E-state index contributed by atoms with van der Waals surface area (Å²) in [4.78, 5) is 6.71. The van der Waals surface area contributed by atoms with Gasteiger partial charge in [0.1, 0.15) is 11.6 Å². The number of guanidine groups is 1. The van der Waals surface area contributed by atoms with E-state index in [-0.39, 0.29) is 11.9 Å². The first kappa shape index (κ1) is 20.7. The quantitative estimate of drug-likeness (QED) is 0.552. The van der Waals surface area contributed by atoms with Crippen LogP contribution in [0.15, 0.2) is 53.5 Å². The maximum absolute atomic E-state index is 13.3. The normalized spacial score (nSPS) is 12.7. The van der Waals surface area contributed by atoms with Crippen LogP contribution in [0.1, 0.15) is 24.1 Å². The van der Waals surface area contributed by atoms with Gasteiger partial charge in [0, 0.05) is 18.7 Å². The molecule has 1 unspecified atom stereocenters. The van der Waals surface area contributed by atoms with Gasteiger partial charge in [-0.1, -0.05) is 30.3 Å². The largest absolute Gasteiger partial charge is 0.496 e. The minimum absolute atomic E-state index is 0.110. The smallest absolute Gasteiger partial charge is 0.191 e. The highest BCUT2D eigenvalue weighted by molar-refractivity contribution is 5.79. The summed E-state index contributed by atoms with van der Waals surface area (Å²) in [6, 6.07) is 14.6. The minimum Gasteiger partial charge on any atom is -0.496 e. The predicted molar refractivity (Wildman–Crippen MR) is 109 cm³/mol. The third-order valence-corrected chi connectivity index (χ3v) is 4.24. The van der Waals surface area contributed by atoms with Crippen molar-refractivity contribution in [3.63, 3.8) is 0 Å². The summed E-state index contributed by atoms with van der Waals surface area (Å²) in [6.45, 7) is 3.83. The Labute approximate surface area is 161 Å². The van der Waals surface area contributed by atoms with E-state index in [2.05, 4.69) is 26.6 Å². The molecule has 6 heteroatoms. The molecule has 0 aliphatic heterocycles. The fourth-order valence-electron chi connectivity index (χ4n) is 2.85. The van der Waals surface area contributed by atoms with Gasteiger partial charge in [0.05, 0.1) is 19.7 Å². The first-order chi connectivity index (χ1) is 13.0. The van der Waals surface area contributed by atoms with Crippen molar-refractivity contribution in [3.05, 3.63) is 65.5 Å². The summed E-state index contributed by atoms with van der Waals surface area (Å²) in [5.41, 5.74) is 1.94. The van der Waals surface area contributed by atoms with Crippen molar-refractivity contribution in [3.8, 4) is 5.75 Å². The highest BCUT2D eigenvalue weighted by atomic mass is 19.1. The van der Waals surface area contributed by atoms with Crippen molar-refractivity contribution >= 4 is 5.96 Å². The van der Waals surface area contributed by atoms with Gasteiger partial charge in [-0.25, -0.2) is 9.38 Å². The Balaban J connectivity index is 2.10. The van der Waals surface area contributed by atoms with Gasteiger partial charge in [-0.3, -0.25) is 0 Å². The van der Waals surface area contributed by atoms with E-state index in [1.54, 1.807) is 13.2 Å². The highest BCUT2D eigenvalue weighted by Gasteiger charge is 2.18. The standard InChI is InChI=1S/C21H29FN4O/c1-5-23-21(24-14-16-9-8-10-17(22)13-16)25-15-19(26(2)3)18-11-6-7-12-20(18)27-4/h6-13,19H,5,14-15H2,1-4H3,(H2,23,24,25). The molecular formula is C21H29FN4O. The molecule has 27 heavy (non-hydrogen) atoms. The first-order valence-electron chi connectivity index (χ1n) is 9.11. The average molecular weight is 372 g/mol. The molecule has 0 bridgehead atoms. The maximum Gasteiger partial charge on any atom is 0.191 e. The monoisotopic (exact) mass is 372 g/mol. The molecule has 0 heterocycles. The molecule has 2 aromatic rings. The van der Waals surface area contributed by atoms with Crippen molar-refractivity contribution in [2.75, 3.05) is 34.3 Å². The predicted octanol–water partition coefficient (Wildman–Crippen LogP) is 3.19. The molecule has 0 saturated heterocycles. The van der Waals surface area contributed by atoms with Crippen LogP contribution >= 0.6 is 0 Å². The third-order valence-electron chi connectivity index (χ3n) is 4.24. The summed E-state index contributed by atoms with van der Waals surface area (Å²) in [5.74, 6) is 1.31. The van der Waals surface area contributed by atoms with Crippen LogP contribution in [0.5, 0.6) is 5.75 Å². The first-order valence-corrected chi connectivity index (χ1v) is 9.11. The van der Waals surface area contributed by atoms with Crippen molar-refractivity contribution in [1.29, 1.82) is 0 Å². The number of aliphatic imine (C=N–C) groups is 1. The fraction of sp³-hybridized carbons (Fsp3) is 0.381. The number of para-hydroxylation sites is 1. The van der Waals surface area contributed by atoms with Crippen LogP contribution in [0, 0.1) is 5.82 Å². The molecule has 2 aromatic carbocycles. The van der Waals surface area contributed by atoms with Crippen molar-refractivity contribution in [2.45, 2.75) is 19.5 Å². The molecule has 0 aromatic heterocycles. The van der Waals surface area contributed by atoms with Crippen LogP contribution in [-0.4, -0.2) is 45.2 Å². The number of rotatable bonds is 8. The van der Waals surface area contributed by atoms with Crippen LogP contribution in [-0.2, 0) is 6.54 Å². The van der Waals surface area contributed by atoms with Crippen LogP contribution in [0.4, 0.5) is 4.39 Å². The molecule has 2 N–H and O–H groups in total. The summed E-state index contributed by atoms with van der Waals surface area (Å²) in [6.07, 6.45) is 0. The minimum atomic E-state index is -0.246. The second-order valence-electron chi connectivity index (χ2n) is 6.43. The summed E-state index contributed by atoms with van der Waals surface area (Å²) in [5, 5.41) is 6.62. The average Bonchev–Trinajstić information content (AvgIpc) is 2.66. The Morgan fingerprint density at radius 1 is 1.15 bits per heavy atom. The van der Waals surface area contributed by atoms with Crippen LogP contribution in [0.3, 0.4) is 0 Å². The number of methoxy groups -OCH3 is 1. The van der Waals surface area contributed by atoms with Gasteiger partial charge in [-0.15, -0.1) is 0 Å². The lowest BCUT2D eigenvalue weighted by Gasteiger charge is -2.27. The lowest BCUT2D eigenvalue weighted by Crippen LogP contribution is -2.41. The third kappa shape index (κ3) is 6.25. The lowest BCUT2D eigenvalue weighted by atomic mass is 10.0. The highest BCUT2D eigenvalue weighted by Crippen LogP contribution is 2.27. The Hall–Kier alpha value is -2.60. The van der Waals surface area contributed by atoms with Gasteiger partial charge in [0.15, 0.2) is 5.96 Å². The van der Waals surface area contributed by atoms with Crippen molar-refractivity contribution < 1.29 is 9.13 Å². The van der Waals surface area contributed by atoms with E-state index in [4.69, 9.17) is 4.74 Å². The molecule has 0 radical (unpaired) electrons. The van der Waals surface area contributed by atoms with Crippen LogP contribution < -0.4 is 15.4 Å². The molecule has 146 valence electrons. The van der Waals surface area contributed by atoms with E-state index in [0.717, 1.165) is 23.4 Å². The van der Waals surface area contributed by atoms with Gasteiger partial charge < -0.3 is 20.3 Å². The molecule has 0 saturated carbocycles. The molecule has 5 nitrogen and oxygen atoms in total. The number of nitrogens with zero attached hydrogens (tertiary/aromatic N) is 2. The number of halogens is 1. The van der Waals surface area contributed by atoms with E-state index in [1.807, 2.05) is 45.3 Å². The molecule has 0 aliphatic carbocycles. The number of hydrogen-bond donors (Lipinski definition) is 2. The zero-order valence-corrected chi connectivity index (χ0v) is 16.5. The topological polar surface area (TPSA) is 48.9 Å². The molecule has 2 rings (SSSR count). The Bertz CT molecular complexity index is 748. The van der Waals surface area contributed by atoms with E-state index in [1.165, 1.54) is 12.1 Å². The van der Waals surface area contributed by atoms with Crippen LogP contribution in [0.2, 0.25) is 0 Å². The number of hydrogen-bond acceptors (Lipinski definition) is 3. The lowest BCUT2D eigenvalue weighted by molar-refractivity contribution is 0.287. The summed E-state index contributed by atoms with van der Waals surface area (Å²) in [7, 11) is 5.76. The van der Waals surface area contributed by atoms with Gasteiger partial charge in [0.25, 0.3) is 0 Å². The Kier molecular flexibility index (Phi) is 8.07. The number of benzene rings is 2. The van der Waals surface area contributed by atoms with E-state index in [0.29, 0.717) is 19.0 Å². The zero-order valence-electron chi connectivity index (χ0n) is 16.5. The van der Waals surface area contributed by atoms with Crippen LogP contribution in [0.25, 0.3) is 0 Å². The second-order valence-corrected chi connectivity index (χ2v) is 6.43. The summed E-state index contributed by atoms with van der Waals surface area (Å²) < 4.78 is 18.9. The molecular weight excluding hydrogens is 343 g/mol. The molecule has 0 spiro atoms. The SMILES string of the molecule is CCNC(=NCc1cccc(F)c1)NCC(c1ccccc1OC)N(C)C. The van der Waals surface area contributed by atoms with E-state index >= 15 is 0 Å². The van der Waals surface area contributed by atoms with Crippen molar-refractivity contribution in [1.82, 2.24) is 15.5 Å². The number of ether oxygens (including phenoxy) is 1. The van der Waals surface area contributed by atoms with Gasteiger partial charge >= 0.3 is 0 Å². The Morgan fingerprint density at radius 3 is 2.59 bits per heavy atom. The van der Waals surface area contributed by atoms with Crippen molar-refractivity contribution in [2.24, 2.45) is 4.99 Å². The van der Waals surface area contributed by atoms with Gasteiger partial charge in [-0.2, -0.15) is 0 Å². The number of nitrogens with one attached hydrogen (secondary N) is 2. The molecule has 0 fully saturated rings. The van der Waals surface area contributed by atoms with E-state index in [9.17, 15) is 4.39 Å². The fourth-order valence-corrected chi connectivity index (χ4v) is 2.85. The van der Waals surface area contributed by atoms with Gasteiger partial charge in [0.2, 0.25) is 0 Å². The Morgan fingerprint density at radius 2 is 1.93 bits per heavy atom. The number of likely N-dealkylation sites (N-methyl/N-ethyl adjacent to an activating group) is 1. The molecule has 0 aliphatic rings.